The number of halogens is 1. The quantitative estimate of drug-likeness (QED) is 0.835. The molecule has 5 heteroatoms. The summed E-state index contributed by atoms with van der Waals surface area (Å²) in [6.07, 6.45) is 6.42. The van der Waals surface area contributed by atoms with Crippen LogP contribution in [-0.4, -0.2) is 15.0 Å². The molecule has 0 fully saturated rings. The Balaban J connectivity index is 2.37. The summed E-state index contributed by atoms with van der Waals surface area (Å²) in [5, 5.41) is 0.550. The van der Waals surface area contributed by atoms with Crippen molar-refractivity contribution in [3.8, 4) is 0 Å². The van der Waals surface area contributed by atoms with E-state index in [0.29, 0.717) is 10.7 Å². The van der Waals surface area contributed by atoms with E-state index in [1.54, 1.807) is 30.7 Å². The van der Waals surface area contributed by atoms with Crippen molar-refractivity contribution >= 4 is 11.6 Å². The molecule has 0 bridgehead atoms. The number of nitrogens with two attached hydrogens (primary N) is 1. The van der Waals surface area contributed by atoms with Gasteiger partial charge < -0.3 is 5.73 Å². The van der Waals surface area contributed by atoms with Crippen LogP contribution in [0.3, 0.4) is 0 Å². The van der Waals surface area contributed by atoms with Crippen LogP contribution in [0.5, 0.6) is 0 Å². The second-order valence-electron chi connectivity index (χ2n) is 3.02. The summed E-state index contributed by atoms with van der Waals surface area (Å²) in [4.78, 5) is 11.9. The molecule has 76 valence electrons. The van der Waals surface area contributed by atoms with Crippen molar-refractivity contribution in [1.29, 1.82) is 0 Å². The van der Waals surface area contributed by atoms with Crippen molar-refractivity contribution in [1.82, 2.24) is 15.0 Å². The second kappa shape index (κ2) is 4.33. The number of rotatable bonds is 2. The molecule has 1 atom stereocenters. The first-order valence-electron chi connectivity index (χ1n) is 4.40. The highest BCUT2D eigenvalue weighted by Gasteiger charge is 2.13. The maximum Gasteiger partial charge on any atom is 0.115 e. The van der Waals surface area contributed by atoms with Gasteiger partial charge in [-0.15, -0.1) is 0 Å². The summed E-state index contributed by atoms with van der Waals surface area (Å²) in [5.41, 5.74) is 7.41. The van der Waals surface area contributed by atoms with E-state index in [-0.39, 0.29) is 6.04 Å². The summed E-state index contributed by atoms with van der Waals surface area (Å²) >= 11 is 5.99. The summed E-state index contributed by atoms with van der Waals surface area (Å²) in [5.74, 6) is 0. The zero-order valence-electron chi connectivity index (χ0n) is 7.84. The first kappa shape index (κ1) is 10.0. The van der Waals surface area contributed by atoms with E-state index in [0.717, 1.165) is 5.56 Å². The van der Waals surface area contributed by atoms with Gasteiger partial charge in [-0.2, -0.15) is 0 Å². The van der Waals surface area contributed by atoms with Crippen molar-refractivity contribution in [2.24, 2.45) is 5.73 Å². The van der Waals surface area contributed by atoms with E-state index in [4.69, 9.17) is 17.3 Å². The van der Waals surface area contributed by atoms with Gasteiger partial charge >= 0.3 is 0 Å². The van der Waals surface area contributed by atoms with Gasteiger partial charge in [0.15, 0.2) is 0 Å². The number of hydrogen-bond donors (Lipinski definition) is 1. The van der Waals surface area contributed by atoms with Crippen LogP contribution in [0.2, 0.25) is 5.02 Å². The Hall–Kier alpha value is -1.52. The maximum absolute atomic E-state index is 5.99. The highest BCUT2D eigenvalue weighted by atomic mass is 35.5. The first-order chi connectivity index (χ1) is 7.29. The number of nitrogens with zero attached hydrogens (tertiary/aromatic N) is 3. The monoisotopic (exact) mass is 220 g/mol. The molecule has 2 aromatic rings. The molecular formula is C10H9ClN4. The molecule has 1 unspecified atom stereocenters. The van der Waals surface area contributed by atoms with Crippen LogP contribution in [0.4, 0.5) is 0 Å². The van der Waals surface area contributed by atoms with E-state index in [1.807, 2.05) is 0 Å². The highest BCUT2D eigenvalue weighted by molar-refractivity contribution is 6.31. The molecule has 4 nitrogen and oxygen atoms in total. The van der Waals surface area contributed by atoms with Crippen molar-refractivity contribution in [3.05, 3.63) is 53.3 Å². The topological polar surface area (TPSA) is 64.7 Å². The van der Waals surface area contributed by atoms with Crippen LogP contribution in [0.25, 0.3) is 0 Å². The Morgan fingerprint density at radius 1 is 1.27 bits per heavy atom. The standard InChI is InChI=1S/C10H9ClN4/c11-8-2-1-3-15-10(8)9(12)7-4-13-6-14-5-7/h1-6,9H,12H2. The van der Waals surface area contributed by atoms with Crippen molar-refractivity contribution in [2.75, 3.05) is 0 Å². The zero-order valence-corrected chi connectivity index (χ0v) is 8.59. The Morgan fingerprint density at radius 2 is 2.00 bits per heavy atom. The number of aromatic nitrogens is 3. The van der Waals surface area contributed by atoms with E-state index >= 15 is 0 Å². The smallest absolute Gasteiger partial charge is 0.115 e. The van der Waals surface area contributed by atoms with Gasteiger partial charge in [-0.25, -0.2) is 9.97 Å². The van der Waals surface area contributed by atoms with Crippen LogP contribution in [-0.2, 0) is 0 Å². The third-order valence-corrected chi connectivity index (χ3v) is 2.34. The molecule has 0 radical (unpaired) electrons. The summed E-state index contributed by atoms with van der Waals surface area (Å²) in [6.45, 7) is 0. The third kappa shape index (κ3) is 2.11. The summed E-state index contributed by atoms with van der Waals surface area (Å²) < 4.78 is 0. The lowest BCUT2D eigenvalue weighted by atomic mass is 10.1. The molecule has 0 aromatic carbocycles. The minimum Gasteiger partial charge on any atom is -0.319 e. The SMILES string of the molecule is NC(c1cncnc1)c1ncccc1Cl. The zero-order chi connectivity index (χ0) is 10.7. The molecule has 0 spiro atoms. The van der Waals surface area contributed by atoms with Crippen LogP contribution >= 0.6 is 11.6 Å². The fourth-order valence-corrected chi connectivity index (χ4v) is 1.49. The van der Waals surface area contributed by atoms with Gasteiger partial charge in [-0.05, 0) is 12.1 Å². The molecule has 15 heavy (non-hydrogen) atoms. The molecule has 0 amide bonds. The lowest BCUT2D eigenvalue weighted by Crippen LogP contribution is -2.14. The van der Waals surface area contributed by atoms with E-state index in [2.05, 4.69) is 15.0 Å². The van der Waals surface area contributed by atoms with E-state index in [1.165, 1.54) is 6.33 Å². The number of hydrogen-bond acceptors (Lipinski definition) is 4. The van der Waals surface area contributed by atoms with Crippen LogP contribution in [0, 0.1) is 0 Å². The average molecular weight is 221 g/mol. The normalized spacial score (nSPS) is 12.4. The highest BCUT2D eigenvalue weighted by Crippen LogP contribution is 2.22. The number of pyridine rings is 1. The Labute approximate surface area is 92.2 Å². The summed E-state index contributed by atoms with van der Waals surface area (Å²) in [7, 11) is 0. The van der Waals surface area contributed by atoms with Gasteiger partial charge in [0.1, 0.15) is 6.33 Å². The molecule has 0 aliphatic carbocycles. The van der Waals surface area contributed by atoms with Gasteiger partial charge in [0.05, 0.1) is 16.8 Å². The summed E-state index contributed by atoms with van der Waals surface area (Å²) in [6, 6.07) is 3.13. The molecule has 2 heterocycles. The fraction of sp³-hybridized carbons (Fsp3) is 0.100. The van der Waals surface area contributed by atoms with Gasteiger partial charge in [0.2, 0.25) is 0 Å². The lowest BCUT2D eigenvalue weighted by Gasteiger charge is -2.11. The molecule has 0 saturated heterocycles. The maximum atomic E-state index is 5.99. The fourth-order valence-electron chi connectivity index (χ4n) is 1.26. The van der Waals surface area contributed by atoms with Crippen LogP contribution in [0.15, 0.2) is 37.1 Å². The molecule has 0 aliphatic heterocycles. The first-order valence-corrected chi connectivity index (χ1v) is 4.77. The largest absolute Gasteiger partial charge is 0.319 e. The van der Waals surface area contributed by atoms with E-state index < -0.39 is 0 Å². The van der Waals surface area contributed by atoms with Gasteiger partial charge in [0, 0.05) is 24.2 Å². The molecule has 0 saturated carbocycles. The lowest BCUT2D eigenvalue weighted by molar-refractivity contribution is 0.814. The van der Waals surface area contributed by atoms with Crippen molar-refractivity contribution < 1.29 is 0 Å². The molecule has 2 N–H and O–H groups in total. The van der Waals surface area contributed by atoms with Crippen LogP contribution < -0.4 is 5.73 Å². The minimum atomic E-state index is -0.389. The minimum absolute atomic E-state index is 0.389. The van der Waals surface area contributed by atoms with Gasteiger partial charge in [-0.3, -0.25) is 4.98 Å². The van der Waals surface area contributed by atoms with Crippen molar-refractivity contribution in [2.45, 2.75) is 6.04 Å². The van der Waals surface area contributed by atoms with Gasteiger partial charge in [-0.1, -0.05) is 11.6 Å². The van der Waals surface area contributed by atoms with Crippen molar-refractivity contribution in [3.63, 3.8) is 0 Å². The van der Waals surface area contributed by atoms with E-state index in [9.17, 15) is 0 Å². The molecule has 0 aliphatic rings. The Morgan fingerprint density at radius 3 is 2.67 bits per heavy atom. The molecule has 2 aromatic heterocycles. The Bertz CT molecular complexity index is 446. The van der Waals surface area contributed by atoms with Crippen LogP contribution in [0.1, 0.15) is 17.3 Å². The predicted molar refractivity (Wildman–Crippen MR) is 57.3 cm³/mol. The molecule has 2 rings (SSSR count). The van der Waals surface area contributed by atoms with Gasteiger partial charge in [0.25, 0.3) is 0 Å². The molecular weight excluding hydrogens is 212 g/mol. The average Bonchev–Trinajstić information content (AvgIpc) is 2.30. The predicted octanol–water partition coefficient (Wildman–Crippen LogP) is 1.57. The third-order valence-electron chi connectivity index (χ3n) is 2.02. The second-order valence-corrected chi connectivity index (χ2v) is 3.43. The Kier molecular flexibility index (Phi) is 2.89.